The Hall–Kier alpha value is -1.60. The van der Waals surface area contributed by atoms with Gasteiger partial charge in [-0.2, -0.15) is 5.26 Å². The van der Waals surface area contributed by atoms with E-state index in [-0.39, 0.29) is 17.0 Å². The summed E-state index contributed by atoms with van der Waals surface area (Å²) in [5, 5.41) is 9.09. The smallest absolute Gasteiger partial charge is 0.165 e. The number of hydrogen-bond acceptors (Lipinski definition) is 3. The molecule has 0 aliphatic carbocycles. The second kappa shape index (κ2) is 5.58. The van der Waals surface area contributed by atoms with Crippen LogP contribution in [0.4, 0.5) is 4.39 Å². The fraction of sp³-hybridized carbons (Fsp3) is 0.533. The second-order valence-corrected chi connectivity index (χ2v) is 5.42. The van der Waals surface area contributed by atoms with Crippen LogP contribution in [0.1, 0.15) is 25.3 Å². The zero-order chi connectivity index (χ0) is 13.9. The van der Waals surface area contributed by atoms with Gasteiger partial charge in [-0.05, 0) is 50.6 Å². The highest BCUT2D eigenvalue weighted by Gasteiger charge is 2.29. The van der Waals surface area contributed by atoms with E-state index in [1.54, 1.807) is 6.07 Å². The first kappa shape index (κ1) is 13.8. The van der Waals surface area contributed by atoms with E-state index in [1.807, 2.05) is 13.0 Å². The lowest BCUT2D eigenvalue weighted by molar-refractivity contribution is 0.150. The molecule has 0 atom stereocenters. The predicted molar refractivity (Wildman–Crippen MR) is 71.2 cm³/mol. The van der Waals surface area contributed by atoms with Gasteiger partial charge in [0.15, 0.2) is 11.6 Å². The molecular formula is C15H19FN2O. The van der Waals surface area contributed by atoms with Crippen LogP contribution in [0.3, 0.4) is 0 Å². The van der Waals surface area contributed by atoms with Gasteiger partial charge in [0.25, 0.3) is 0 Å². The Kier molecular flexibility index (Phi) is 4.06. The van der Waals surface area contributed by atoms with E-state index in [4.69, 9.17) is 10.00 Å². The monoisotopic (exact) mass is 262 g/mol. The van der Waals surface area contributed by atoms with E-state index >= 15 is 0 Å². The van der Waals surface area contributed by atoms with Crippen molar-refractivity contribution in [1.29, 1.82) is 5.26 Å². The third-order valence-electron chi connectivity index (χ3n) is 3.85. The Balaban J connectivity index is 1.96. The van der Waals surface area contributed by atoms with Gasteiger partial charge in [0.2, 0.25) is 0 Å². The van der Waals surface area contributed by atoms with Crippen molar-refractivity contribution < 1.29 is 9.13 Å². The number of benzene rings is 1. The van der Waals surface area contributed by atoms with Gasteiger partial charge in [0, 0.05) is 6.54 Å². The van der Waals surface area contributed by atoms with Crippen molar-refractivity contribution in [2.24, 2.45) is 5.41 Å². The predicted octanol–water partition coefficient (Wildman–Crippen LogP) is 2.96. The molecule has 19 heavy (non-hydrogen) atoms. The minimum Gasteiger partial charge on any atom is -0.494 e. The number of nitriles is 1. The second-order valence-electron chi connectivity index (χ2n) is 5.42. The molecule has 3 nitrogen and oxygen atoms in total. The summed E-state index contributed by atoms with van der Waals surface area (Å²) >= 11 is 0. The zero-order valence-corrected chi connectivity index (χ0v) is 11.4. The van der Waals surface area contributed by atoms with E-state index in [1.165, 1.54) is 13.2 Å². The van der Waals surface area contributed by atoms with Crippen molar-refractivity contribution in [1.82, 2.24) is 4.90 Å². The Morgan fingerprint density at radius 2 is 2.11 bits per heavy atom. The molecule has 1 heterocycles. The number of halogens is 1. The molecule has 2 rings (SSSR count). The van der Waals surface area contributed by atoms with Crippen molar-refractivity contribution in [3.63, 3.8) is 0 Å². The molecule has 102 valence electrons. The Morgan fingerprint density at radius 1 is 1.42 bits per heavy atom. The van der Waals surface area contributed by atoms with E-state index in [0.717, 1.165) is 38.0 Å². The molecule has 1 aromatic rings. The van der Waals surface area contributed by atoms with Gasteiger partial charge in [-0.15, -0.1) is 0 Å². The highest BCUT2D eigenvalue weighted by atomic mass is 19.1. The average molecular weight is 262 g/mol. The van der Waals surface area contributed by atoms with Gasteiger partial charge in [-0.1, -0.05) is 6.07 Å². The first-order chi connectivity index (χ1) is 9.06. The number of rotatable bonds is 3. The first-order valence-corrected chi connectivity index (χ1v) is 6.52. The number of hydrogen-bond donors (Lipinski definition) is 0. The van der Waals surface area contributed by atoms with Crippen molar-refractivity contribution in [2.45, 2.75) is 26.3 Å². The molecule has 0 aromatic heterocycles. The van der Waals surface area contributed by atoms with Gasteiger partial charge in [0.1, 0.15) is 0 Å². The highest BCUT2D eigenvalue weighted by Crippen LogP contribution is 2.30. The fourth-order valence-electron chi connectivity index (χ4n) is 2.38. The van der Waals surface area contributed by atoms with E-state index in [9.17, 15) is 4.39 Å². The highest BCUT2D eigenvalue weighted by molar-refractivity contribution is 5.29. The van der Waals surface area contributed by atoms with Crippen LogP contribution in [-0.2, 0) is 6.54 Å². The normalized spacial score (nSPS) is 18.8. The summed E-state index contributed by atoms with van der Waals surface area (Å²) in [6.45, 7) is 4.51. The molecule has 0 N–H and O–H groups in total. The molecule has 0 amide bonds. The Bertz CT molecular complexity index is 487. The summed E-state index contributed by atoms with van der Waals surface area (Å²) in [6, 6.07) is 7.46. The number of piperidine rings is 1. The zero-order valence-electron chi connectivity index (χ0n) is 11.4. The number of likely N-dealkylation sites (tertiary alicyclic amines) is 1. The third kappa shape index (κ3) is 3.24. The van der Waals surface area contributed by atoms with Gasteiger partial charge < -0.3 is 4.74 Å². The molecule has 0 spiro atoms. The summed E-state index contributed by atoms with van der Waals surface area (Å²) in [4.78, 5) is 2.26. The molecule has 1 aliphatic heterocycles. The largest absolute Gasteiger partial charge is 0.494 e. The third-order valence-corrected chi connectivity index (χ3v) is 3.85. The number of nitrogens with zero attached hydrogens (tertiary/aromatic N) is 2. The standard InChI is InChI=1S/C15H19FN2O/c1-15(11-17)5-7-18(8-6-15)10-12-3-4-14(19-2)13(16)9-12/h3-4,9H,5-8,10H2,1-2H3. The van der Waals surface area contributed by atoms with Crippen molar-refractivity contribution in [3.8, 4) is 11.8 Å². The average Bonchev–Trinajstić information content (AvgIpc) is 2.42. The maximum Gasteiger partial charge on any atom is 0.165 e. The minimum absolute atomic E-state index is 0.193. The van der Waals surface area contributed by atoms with Crippen molar-refractivity contribution >= 4 is 0 Å². The van der Waals surface area contributed by atoms with E-state index < -0.39 is 0 Å². The van der Waals surface area contributed by atoms with Crippen LogP contribution in [0.25, 0.3) is 0 Å². The summed E-state index contributed by atoms with van der Waals surface area (Å²) < 4.78 is 18.5. The van der Waals surface area contributed by atoms with Crippen LogP contribution >= 0.6 is 0 Å². The molecular weight excluding hydrogens is 243 g/mol. The number of ether oxygens (including phenoxy) is 1. The summed E-state index contributed by atoms with van der Waals surface area (Å²) in [6.07, 6.45) is 1.75. The SMILES string of the molecule is COc1ccc(CN2CCC(C)(C#N)CC2)cc1F. The van der Waals surface area contributed by atoms with Gasteiger partial charge in [-0.3, -0.25) is 4.90 Å². The molecule has 1 fully saturated rings. The maximum absolute atomic E-state index is 13.6. The van der Waals surface area contributed by atoms with Crippen LogP contribution in [0, 0.1) is 22.6 Å². The van der Waals surface area contributed by atoms with Crippen LogP contribution in [-0.4, -0.2) is 25.1 Å². The summed E-state index contributed by atoms with van der Waals surface area (Å²) in [5.41, 5.74) is 0.751. The Morgan fingerprint density at radius 3 is 2.63 bits per heavy atom. The molecule has 0 saturated carbocycles. The molecule has 0 bridgehead atoms. The van der Waals surface area contributed by atoms with Crippen LogP contribution in [0.5, 0.6) is 5.75 Å². The maximum atomic E-state index is 13.6. The molecule has 0 unspecified atom stereocenters. The van der Waals surface area contributed by atoms with Gasteiger partial charge in [-0.25, -0.2) is 4.39 Å². The molecule has 1 saturated heterocycles. The molecule has 0 radical (unpaired) electrons. The molecule has 4 heteroatoms. The molecule has 1 aliphatic rings. The first-order valence-electron chi connectivity index (χ1n) is 6.52. The van der Waals surface area contributed by atoms with Crippen LogP contribution < -0.4 is 4.74 Å². The topological polar surface area (TPSA) is 36.3 Å². The molecule has 1 aromatic carbocycles. The van der Waals surface area contributed by atoms with Crippen molar-refractivity contribution in [3.05, 3.63) is 29.6 Å². The minimum atomic E-state index is -0.320. The quantitative estimate of drug-likeness (QED) is 0.840. The Labute approximate surface area is 113 Å². The summed E-state index contributed by atoms with van der Waals surface area (Å²) in [7, 11) is 1.46. The lowest BCUT2D eigenvalue weighted by Crippen LogP contribution is -2.37. The van der Waals surface area contributed by atoms with Crippen molar-refractivity contribution in [2.75, 3.05) is 20.2 Å². The van der Waals surface area contributed by atoms with E-state index in [0.29, 0.717) is 0 Å². The van der Waals surface area contributed by atoms with Crippen LogP contribution in [0.15, 0.2) is 18.2 Å². The fourth-order valence-corrected chi connectivity index (χ4v) is 2.38. The van der Waals surface area contributed by atoms with Crippen LogP contribution in [0.2, 0.25) is 0 Å². The van der Waals surface area contributed by atoms with Gasteiger partial charge in [0.05, 0.1) is 18.6 Å². The summed E-state index contributed by atoms with van der Waals surface area (Å²) in [5.74, 6) is -0.0432. The van der Waals surface area contributed by atoms with E-state index in [2.05, 4.69) is 11.0 Å². The lowest BCUT2D eigenvalue weighted by atomic mass is 9.82. The lowest BCUT2D eigenvalue weighted by Gasteiger charge is -2.34. The van der Waals surface area contributed by atoms with Gasteiger partial charge >= 0.3 is 0 Å². The number of methoxy groups -OCH3 is 1.